The zero-order chi connectivity index (χ0) is 23.8. The van der Waals surface area contributed by atoms with Gasteiger partial charge in [-0.15, -0.1) is 0 Å². The molecule has 2 aliphatic rings. The zero-order valence-electron chi connectivity index (χ0n) is 19.9. The maximum atomic E-state index is 6.89. The van der Waals surface area contributed by atoms with Gasteiger partial charge in [-0.1, -0.05) is 48.0 Å². The third kappa shape index (κ3) is 4.76. The Morgan fingerprint density at radius 2 is 1.80 bits per heavy atom. The molecule has 1 aliphatic carbocycles. The van der Waals surface area contributed by atoms with Crippen LogP contribution in [0.1, 0.15) is 30.9 Å². The van der Waals surface area contributed by atoms with Crippen LogP contribution >= 0.6 is 11.6 Å². The molecule has 2 aromatic heterocycles. The van der Waals surface area contributed by atoms with Crippen molar-refractivity contribution in [1.29, 1.82) is 0 Å². The quantitative estimate of drug-likeness (QED) is 0.412. The first-order chi connectivity index (χ1) is 17.1. The van der Waals surface area contributed by atoms with Gasteiger partial charge in [0.05, 0.1) is 11.6 Å². The van der Waals surface area contributed by atoms with Gasteiger partial charge >= 0.3 is 0 Å². The summed E-state index contributed by atoms with van der Waals surface area (Å²) in [5.74, 6) is 1.31. The molecular formula is C27H29ClN6O. The van der Waals surface area contributed by atoms with Crippen molar-refractivity contribution in [2.45, 2.75) is 38.5 Å². The van der Waals surface area contributed by atoms with Gasteiger partial charge in [-0.3, -0.25) is 4.90 Å². The molecule has 2 fully saturated rings. The summed E-state index contributed by atoms with van der Waals surface area (Å²) in [5, 5.41) is 4.09. The van der Waals surface area contributed by atoms with Crippen molar-refractivity contribution >= 4 is 22.8 Å². The molecule has 1 saturated heterocycles. The first-order valence-corrected chi connectivity index (χ1v) is 12.6. The van der Waals surface area contributed by atoms with Crippen LogP contribution in [0.3, 0.4) is 0 Å². The number of piperazine rings is 1. The van der Waals surface area contributed by atoms with Crippen LogP contribution < -0.4 is 10.1 Å². The van der Waals surface area contributed by atoms with Crippen molar-refractivity contribution in [3.05, 3.63) is 71.0 Å². The molecule has 0 bridgehead atoms. The van der Waals surface area contributed by atoms with Crippen LogP contribution in [0.2, 0.25) is 5.02 Å². The van der Waals surface area contributed by atoms with E-state index in [1.807, 2.05) is 18.2 Å². The minimum absolute atomic E-state index is 0.159. The predicted octanol–water partition coefficient (Wildman–Crippen LogP) is 4.53. The summed E-state index contributed by atoms with van der Waals surface area (Å²) in [6, 6.07) is 16.6. The second-order valence-electron chi connectivity index (χ2n) is 9.75. The summed E-state index contributed by atoms with van der Waals surface area (Å²) in [6.07, 6.45) is 3.61. The molecule has 3 heterocycles. The van der Waals surface area contributed by atoms with E-state index in [0.717, 1.165) is 68.2 Å². The molecular weight excluding hydrogens is 460 g/mol. The lowest BCUT2D eigenvalue weighted by atomic mass is 10.1. The molecule has 35 heavy (non-hydrogen) atoms. The Bertz CT molecular complexity index is 1340. The molecule has 2 aromatic carbocycles. The maximum absolute atomic E-state index is 6.89. The van der Waals surface area contributed by atoms with Crippen molar-refractivity contribution in [2.24, 2.45) is 0 Å². The highest BCUT2D eigenvalue weighted by atomic mass is 35.5. The van der Waals surface area contributed by atoms with E-state index in [0.29, 0.717) is 23.0 Å². The van der Waals surface area contributed by atoms with E-state index in [9.17, 15) is 0 Å². The number of hydrogen-bond acceptors (Lipinski definition) is 6. The highest BCUT2D eigenvalue weighted by Crippen LogP contribution is 2.41. The lowest BCUT2D eigenvalue weighted by Gasteiger charge is -2.27. The molecule has 4 aromatic rings. The molecule has 0 amide bonds. The van der Waals surface area contributed by atoms with Gasteiger partial charge in [0.2, 0.25) is 5.88 Å². The number of aromatic nitrogens is 4. The first-order valence-electron chi connectivity index (χ1n) is 12.2. The second-order valence-corrected chi connectivity index (χ2v) is 10.2. The second kappa shape index (κ2) is 9.22. The number of ether oxygens (including phenoxy) is 1. The Morgan fingerprint density at radius 3 is 2.54 bits per heavy atom. The van der Waals surface area contributed by atoms with E-state index >= 15 is 0 Å². The van der Waals surface area contributed by atoms with Crippen molar-refractivity contribution < 1.29 is 4.74 Å². The van der Waals surface area contributed by atoms with Gasteiger partial charge in [0, 0.05) is 38.3 Å². The molecule has 6 rings (SSSR count). The summed E-state index contributed by atoms with van der Waals surface area (Å²) in [6.45, 7) is 7.78. The van der Waals surface area contributed by atoms with Gasteiger partial charge in [-0.05, 0) is 43.0 Å². The molecule has 0 unspecified atom stereocenters. The summed E-state index contributed by atoms with van der Waals surface area (Å²) in [4.78, 5) is 16.5. The maximum Gasteiger partial charge on any atom is 0.245 e. The lowest BCUT2D eigenvalue weighted by molar-refractivity contribution is 0.194. The van der Waals surface area contributed by atoms with Gasteiger partial charge < -0.3 is 14.6 Å². The van der Waals surface area contributed by atoms with E-state index in [1.54, 1.807) is 6.33 Å². The SMILES string of the molecule is CC1(Oc2ncnc3c2nc(-c2ccc(CN4CCNCC4)cc2Cl)n3Cc2ccccc2)CC1. The fraction of sp³-hybridized carbons (Fsp3) is 0.370. The minimum atomic E-state index is -0.159. The van der Waals surface area contributed by atoms with E-state index in [-0.39, 0.29) is 5.60 Å². The highest BCUT2D eigenvalue weighted by molar-refractivity contribution is 6.33. The summed E-state index contributed by atoms with van der Waals surface area (Å²) < 4.78 is 8.36. The topological polar surface area (TPSA) is 68.1 Å². The number of hydrogen-bond donors (Lipinski definition) is 1. The summed E-state index contributed by atoms with van der Waals surface area (Å²) in [5.41, 5.74) is 4.51. The molecule has 0 spiro atoms. The average Bonchev–Trinajstić information content (AvgIpc) is 3.49. The number of rotatable bonds is 7. The highest BCUT2D eigenvalue weighted by Gasteiger charge is 2.41. The molecule has 180 valence electrons. The van der Waals surface area contributed by atoms with Gasteiger partial charge in [-0.2, -0.15) is 4.98 Å². The van der Waals surface area contributed by atoms with E-state index in [4.69, 9.17) is 21.3 Å². The van der Waals surface area contributed by atoms with Crippen LogP contribution in [0.5, 0.6) is 5.88 Å². The van der Waals surface area contributed by atoms with Crippen LogP contribution in [-0.2, 0) is 13.1 Å². The molecule has 0 atom stereocenters. The smallest absolute Gasteiger partial charge is 0.245 e. The Morgan fingerprint density at radius 1 is 1.00 bits per heavy atom. The van der Waals surface area contributed by atoms with Crippen molar-refractivity contribution in [2.75, 3.05) is 26.2 Å². The number of benzene rings is 2. The van der Waals surface area contributed by atoms with E-state index in [2.05, 4.69) is 62.0 Å². The van der Waals surface area contributed by atoms with Crippen LogP contribution in [0.15, 0.2) is 54.9 Å². The average molecular weight is 489 g/mol. The van der Waals surface area contributed by atoms with Crippen LogP contribution in [0, 0.1) is 0 Å². The number of nitrogens with one attached hydrogen (secondary N) is 1. The van der Waals surface area contributed by atoms with E-state index in [1.165, 1.54) is 5.56 Å². The van der Waals surface area contributed by atoms with Crippen LogP contribution in [-0.4, -0.2) is 56.2 Å². The van der Waals surface area contributed by atoms with Crippen molar-refractivity contribution in [3.8, 4) is 17.3 Å². The fourth-order valence-corrected chi connectivity index (χ4v) is 4.88. The first kappa shape index (κ1) is 22.5. The van der Waals surface area contributed by atoms with Crippen molar-refractivity contribution in [3.63, 3.8) is 0 Å². The Kier molecular flexibility index (Phi) is 5.92. The largest absolute Gasteiger partial charge is 0.470 e. The monoisotopic (exact) mass is 488 g/mol. The normalized spacial score (nSPS) is 17.5. The predicted molar refractivity (Wildman–Crippen MR) is 138 cm³/mol. The third-order valence-electron chi connectivity index (χ3n) is 6.87. The molecule has 1 saturated carbocycles. The molecule has 7 nitrogen and oxygen atoms in total. The molecule has 8 heteroatoms. The van der Waals surface area contributed by atoms with Crippen molar-refractivity contribution in [1.82, 2.24) is 29.7 Å². The van der Waals surface area contributed by atoms with Crippen LogP contribution in [0.25, 0.3) is 22.6 Å². The fourth-order valence-electron chi connectivity index (χ4n) is 4.59. The van der Waals surface area contributed by atoms with Gasteiger partial charge in [0.15, 0.2) is 11.2 Å². The number of nitrogens with zero attached hydrogens (tertiary/aromatic N) is 5. The Balaban J connectivity index is 1.41. The van der Waals surface area contributed by atoms with Gasteiger partial charge in [-0.25, -0.2) is 9.97 Å². The Labute approximate surface area is 210 Å². The minimum Gasteiger partial charge on any atom is -0.470 e. The standard InChI is InChI=1S/C27H29ClN6O/c1-27(9-10-27)35-26-23-25(30-18-31-26)34(17-19-5-3-2-4-6-19)24(32-23)21-8-7-20(15-22(21)28)16-33-13-11-29-12-14-33/h2-8,15,18,29H,9-14,16-17H2,1H3. The number of halogens is 1. The number of fused-ring (bicyclic) bond motifs is 1. The van der Waals surface area contributed by atoms with Gasteiger partial charge in [0.1, 0.15) is 17.8 Å². The zero-order valence-corrected chi connectivity index (χ0v) is 20.6. The third-order valence-corrected chi connectivity index (χ3v) is 7.18. The number of imidazole rings is 1. The molecule has 0 radical (unpaired) electrons. The van der Waals surface area contributed by atoms with Crippen LogP contribution in [0.4, 0.5) is 0 Å². The molecule has 1 aliphatic heterocycles. The van der Waals surface area contributed by atoms with E-state index < -0.39 is 0 Å². The van der Waals surface area contributed by atoms with Gasteiger partial charge in [0.25, 0.3) is 0 Å². The molecule has 1 N–H and O–H groups in total. The lowest BCUT2D eigenvalue weighted by Crippen LogP contribution is -2.42. The summed E-state index contributed by atoms with van der Waals surface area (Å²) >= 11 is 6.89. The Hall–Kier alpha value is -3.00. The summed E-state index contributed by atoms with van der Waals surface area (Å²) in [7, 11) is 0.